The Morgan fingerprint density at radius 3 is 2.59 bits per heavy atom. The third-order valence-corrected chi connectivity index (χ3v) is 5.63. The number of carbonyl (C=O) groups excluding carboxylic acids is 1. The van der Waals surface area contributed by atoms with Gasteiger partial charge in [0.25, 0.3) is 5.91 Å². The van der Waals surface area contributed by atoms with Gasteiger partial charge in [0.15, 0.2) is 5.43 Å². The number of amides is 1. The zero-order valence-corrected chi connectivity index (χ0v) is 16.8. The lowest BCUT2D eigenvalue weighted by atomic mass is 9.98. The Kier molecular flexibility index (Phi) is 4.28. The van der Waals surface area contributed by atoms with Gasteiger partial charge in [-0.3, -0.25) is 14.6 Å². The van der Waals surface area contributed by atoms with Crippen LogP contribution in [0.3, 0.4) is 0 Å². The molecule has 0 saturated heterocycles. The number of nitrogens with zero attached hydrogens (tertiary/aromatic N) is 2. The van der Waals surface area contributed by atoms with Gasteiger partial charge in [-0.05, 0) is 47.5 Å². The first-order chi connectivity index (χ1) is 14.1. The summed E-state index contributed by atoms with van der Waals surface area (Å²) in [6, 6.07) is 17.9. The minimum absolute atomic E-state index is 0.118. The van der Waals surface area contributed by atoms with Crippen molar-refractivity contribution in [3.63, 3.8) is 0 Å². The number of hydrogen-bond acceptors (Lipinski definition) is 4. The van der Waals surface area contributed by atoms with Crippen molar-refractivity contribution in [2.75, 3.05) is 0 Å². The first kappa shape index (κ1) is 17.8. The van der Waals surface area contributed by atoms with E-state index in [0.29, 0.717) is 23.1 Å². The van der Waals surface area contributed by atoms with Gasteiger partial charge in [0.2, 0.25) is 5.76 Å². The summed E-state index contributed by atoms with van der Waals surface area (Å²) in [5.41, 5.74) is 2.42. The van der Waals surface area contributed by atoms with Crippen molar-refractivity contribution < 1.29 is 9.21 Å². The number of halogens is 1. The lowest BCUT2D eigenvalue weighted by Gasteiger charge is -2.25. The van der Waals surface area contributed by atoms with Crippen LogP contribution < -0.4 is 5.43 Å². The fourth-order valence-corrected chi connectivity index (χ4v) is 4.26. The monoisotopic (exact) mass is 446 g/mol. The Balaban J connectivity index is 1.74. The Morgan fingerprint density at radius 2 is 1.79 bits per heavy atom. The standard InChI is InChI=1S/C23H15BrN2O3/c24-16-5-3-4-15(12-16)20-19-21(27)17-6-1-2-7-18(17)29-22(19)23(28)26(20)13-14-8-10-25-11-9-14/h1-12,20H,13H2/t20-/m0/s1. The van der Waals surface area contributed by atoms with Gasteiger partial charge in [-0.25, -0.2) is 0 Å². The molecule has 0 bridgehead atoms. The van der Waals surface area contributed by atoms with E-state index in [2.05, 4.69) is 20.9 Å². The quantitative estimate of drug-likeness (QED) is 0.457. The van der Waals surface area contributed by atoms with Crippen molar-refractivity contribution in [1.82, 2.24) is 9.88 Å². The van der Waals surface area contributed by atoms with Crippen molar-refractivity contribution >= 4 is 32.8 Å². The molecule has 142 valence electrons. The Morgan fingerprint density at radius 1 is 1.00 bits per heavy atom. The number of rotatable bonds is 3. The molecule has 0 aliphatic carbocycles. The molecule has 3 heterocycles. The zero-order valence-electron chi connectivity index (χ0n) is 15.2. The maximum absolute atomic E-state index is 13.4. The van der Waals surface area contributed by atoms with Crippen LogP contribution >= 0.6 is 15.9 Å². The first-order valence-electron chi connectivity index (χ1n) is 9.14. The number of para-hydroxylation sites is 1. The highest BCUT2D eigenvalue weighted by Crippen LogP contribution is 2.39. The maximum atomic E-state index is 13.4. The van der Waals surface area contributed by atoms with Crippen molar-refractivity contribution in [3.05, 3.63) is 110 Å². The van der Waals surface area contributed by atoms with Gasteiger partial charge < -0.3 is 9.32 Å². The minimum Gasteiger partial charge on any atom is -0.450 e. The van der Waals surface area contributed by atoms with E-state index in [4.69, 9.17) is 4.42 Å². The first-order valence-corrected chi connectivity index (χ1v) is 9.94. The summed E-state index contributed by atoms with van der Waals surface area (Å²) in [7, 11) is 0. The number of hydrogen-bond donors (Lipinski definition) is 0. The number of pyridine rings is 1. The van der Waals surface area contributed by atoms with E-state index < -0.39 is 6.04 Å². The molecular weight excluding hydrogens is 432 g/mol. The summed E-state index contributed by atoms with van der Waals surface area (Å²) in [5, 5.41) is 0.477. The smallest absolute Gasteiger partial charge is 0.291 e. The Hall–Kier alpha value is -3.25. The van der Waals surface area contributed by atoms with Crippen LogP contribution in [-0.2, 0) is 6.54 Å². The predicted octanol–water partition coefficient (Wildman–Crippen LogP) is 4.70. The second-order valence-electron chi connectivity index (χ2n) is 6.92. The van der Waals surface area contributed by atoms with Crippen molar-refractivity contribution in [2.24, 2.45) is 0 Å². The molecule has 2 aromatic heterocycles. The van der Waals surface area contributed by atoms with E-state index in [-0.39, 0.29) is 17.1 Å². The minimum atomic E-state index is -0.524. The van der Waals surface area contributed by atoms with Gasteiger partial charge in [0, 0.05) is 23.4 Å². The van der Waals surface area contributed by atoms with Crippen LogP contribution in [0, 0.1) is 0 Å². The van der Waals surface area contributed by atoms with Crippen LogP contribution in [0.5, 0.6) is 0 Å². The molecular formula is C23H15BrN2O3. The molecule has 0 radical (unpaired) electrons. The molecule has 0 N–H and O–H groups in total. The van der Waals surface area contributed by atoms with Gasteiger partial charge in [-0.1, -0.05) is 40.2 Å². The van der Waals surface area contributed by atoms with E-state index in [1.54, 1.807) is 41.6 Å². The SMILES string of the molecule is O=C1c2oc3ccccc3c(=O)c2[C@H](c2cccc(Br)c2)N1Cc1ccncc1. The van der Waals surface area contributed by atoms with E-state index in [1.807, 2.05) is 36.4 Å². The van der Waals surface area contributed by atoms with Gasteiger partial charge in [0.05, 0.1) is 17.0 Å². The van der Waals surface area contributed by atoms with Crippen molar-refractivity contribution in [1.29, 1.82) is 0 Å². The summed E-state index contributed by atoms with van der Waals surface area (Å²) in [4.78, 5) is 32.4. The molecule has 1 atom stereocenters. The lowest BCUT2D eigenvalue weighted by molar-refractivity contribution is 0.0714. The summed E-state index contributed by atoms with van der Waals surface area (Å²) < 4.78 is 6.81. The van der Waals surface area contributed by atoms with Crippen molar-refractivity contribution in [2.45, 2.75) is 12.6 Å². The van der Waals surface area contributed by atoms with Gasteiger partial charge >= 0.3 is 0 Å². The van der Waals surface area contributed by atoms with Gasteiger partial charge in [-0.2, -0.15) is 0 Å². The van der Waals surface area contributed by atoms with E-state index >= 15 is 0 Å². The molecule has 1 aliphatic rings. The van der Waals surface area contributed by atoms with E-state index in [0.717, 1.165) is 15.6 Å². The molecule has 0 spiro atoms. The van der Waals surface area contributed by atoms with Crippen LogP contribution in [0.15, 0.2) is 86.7 Å². The summed E-state index contributed by atoms with van der Waals surface area (Å²) in [5.74, 6) is -0.169. The molecule has 6 heteroatoms. The Bertz CT molecular complexity index is 1300. The molecule has 1 amide bonds. The highest BCUT2D eigenvalue weighted by molar-refractivity contribution is 9.10. The topological polar surface area (TPSA) is 63.4 Å². The molecule has 5 rings (SSSR count). The third kappa shape index (κ3) is 2.96. The van der Waals surface area contributed by atoms with Crippen LogP contribution in [-0.4, -0.2) is 15.8 Å². The van der Waals surface area contributed by atoms with Gasteiger partial charge in [-0.15, -0.1) is 0 Å². The molecule has 5 nitrogen and oxygen atoms in total. The predicted molar refractivity (Wildman–Crippen MR) is 113 cm³/mol. The number of benzene rings is 2. The van der Waals surface area contributed by atoms with Crippen LogP contribution in [0.4, 0.5) is 0 Å². The number of aromatic nitrogens is 1. The molecule has 4 aromatic rings. The van der Waals surface area contributed by atoms with Crippen LogP contribution in [0.2, 0.25) is 0 Å². The van der Waals surface area contributed by atoms with Crippen LogP contribution in [0.25, 0.3) is 11.0 Å². The lowest BCUT2D eigenvalue weighted by Crippen LogP contribution is -2.29. The average Bonchev–Trinajstić information content (AvgIpc) is 3.01. The number of fused-ring (bicyclic) bond motifs is 2. The number of carbonyl (C=O) groups is 1. The third-order valence-electron chi connectivity index (χ3n) is 5.14. The van der Waals surface area contributed by atoms with E-state index in [9.17, 15) is 9.59 Å². The molecule has 29 heavy (non-hydrogen) atoms. The Labute approximate surface area is 174 Å². The summed E-state index contributed by atoms with van der Waals surface area (Å²) >= 11 is 3.50. The molecule has 2 aromatic carbocycles. The zero-order chi connectivity index (χ0) is 20.0. The van der Waals surface area contributed by atoms with Gasteiger partial charge in [0.1, 0.15) is 5.58 Å². The molecule has 0 saturated carbocycles. The van der Waals surface area contributed by atoms with E-state index in [1.165, 1.54) is 0 Å². The molecule has 1 aliphatic heterocycles. The normalized spacial score (nSPS) is 15.7. The largest absolute Gasteiger partial charge is 0.450 e. The maximum Gasteiger partial charge on any atom is 0.291 e. The molecule has 0 fully saturated rings. The fraction of sp³-hybridized carbons (Fsp3) is 0.0870. The van der Waals surface area contributed by atoms with Crippen molar-refractivity contribution in [3.8, 4) is 0 Å². The second kappa shape index (κ2) is 6.97. The molecule has 0 unspecified atom stereocenters. The highest BCUT2D eigenvalue weighted by atomic mass is 79.9. The van der Waals surface area contributed by atoms with Crippen LogP contribution in [0.1, 0.15) is 33.3 Å². The summed E-state index contributed by atoms with van der Waals surface area (Å²) in [6.07, 6.45) is 3.38. The highest BCUT2D eigenvalue weighted by Gasteiger charge is 2.42. The fourth-order valence-electron chi connectivity index (χ4n) is 3.84. The average molecular weight is 447 g/mol. The summed E-state index contributed by atoms with van der Waals surface area (Å²) in [6.45, 7) is 0.346. The second-order valence-corrected chi connectivity index (χ2v) is 7.83.